The van der Waals surface area contributed by atoms with Crippen molar-refractivity contribution in [2.24, 2.45) is 0 Å². The maximum absolute atomic E-state index is 12.5. The van der Waals surface area contributed by atoms with Gasteiger partial charge in [-0.25, -0.2) is 4.79 Å². The van der Waals surface area contributed by atoms with Gasteiger partial charge in [0.2, 0.25) is 0 Å². The zero-order valence-corrected chi connectivity index (χ0v) is 14.4. The summed E-state index contributed by atoms with van der Waals surface area (Å²) in [5.74, 6) is -0.601. The first kappa shape index (κ1) is 18.8. The molecule has 0 saturated carbocycles. The molecule has 1 aromatic carbocycles. The summed E-state index contributed by atoms with van der Waals surface area (Å²) < 4.78 is 10.0. The number of nitrogens with one attached hydrogen (secondary N) is 1. The van der Waals surface area contributed by atoms with Gasteiger partial charge in [0.1, 0.15) is 11.4 Å². The number of rotatable bonds is 7. The van der Waals surface area contributed by atoms with Gasteiger partial charge in [-0.15, -0.1) is 0 Å². The van der Waals surface area contributed by atoms with E-state index in [0.717, 1.165) is 0 Å². The molecule has 0 saturated heterocycles. The van der Waals surface area contributed by atoms with E-state index in [0.29, 0.717) is 17.0 Å². The summed E-state index contributed by atoms with van der Waals surface area (Å²) in [7, 11) is 2.71. The van der Waals surface area contributed by atoms with Crippen molar-refractivity contribution >= 4 is 17.6 Å². The second kappa shape index (κ2) is 8.00. The van der Waals surface area contributed by atoms with Crippen LogP contribution in [0.4, 0.5) is 5.69 Å². The number of ether oxygens (including phenoxy) is 2. The summed E-state index contributed by atoms with van der Waals surface area (Å²) in [6, 6.07) is 5.00. The molecule has 1 atom stereocenters. The van der Waals surface area contributed by atoms with E-state index in [4.69, 9.17) is 14.6 Å². The summed E-state index contributed by atoms with van der Waals surface area (Å²) in [6.07, 6.45) is -0.666. The zero-order chi connectivity index (χ0) is 18.6. The van der Waals surface area contributed by atoms with Gasteiger partial charge in [-0.05, 0) is 24.6 Å². The fourth-order valence-corrected chi connectivity index (χ4v) is 2.55. The van der Waals surface area contributed by atoms with E-state index in [1.54, 1.807) is 25.1 Å². The molecule has 8 nitrogen and oxygen atoms in total. The fourth-order valence-electron chi connectivity index (χ4n) is 2.55. The number of benzene rings is 1. The number of aliphatic hydroxyl groups excluding tert-OH is 2. The lowest BCUT2D eigenvalue weighted by Crippen LogP contribution is -2.31. The standard InChI is InChI=1S/C17H22N2O6/c1-10(21)11-4-5-13(14(8-11)24-2)18-15-12(17(23)25-3)9-19(6-7-20)16(15)22/h4-5,8,10,18,20-21H,6-7,9H2,1-3H3. The summed E-state index contributed by atoms with van der Waals surface area (Å²) in [6.45, 7) is 1.60. The monoisotopic (exact) mass is 350 g/mol. The van der Waals surface area contributed by atoms with Gasteiger partial charge < -0.3 is 29.9 Å². The predicted octanol–water partition coefficient (Wildman–Crippen LogP) is 0.422. The Morgan fingerprint density at radius 1 is 1.40 bits per heavy atom. The first-order chi connectivity index (χ1) is 11.9. The number of β-amino-alcohol motifs (C(OH)–C–C–N with tert-alkyl or cyclic N) is 1. The smallest absolute Gasteiger partial charge is 0.337 e. The molecule has 1 unspecified atom stereocenters. The Hall–Kier alpha value is -2.58. The third kappa shape index (κ3) is 3.92. The Bertz CT molecular complexity index is 698. The molecule has 136 valence electrons. The molecule has 25 heavy (non-hydrogen) atoms. The number of esters is 1. The van der Waals surface area contributed by atoms with Crippen molar-refractivity contribution in [3.63, 3.8) is 0 Å². The van der Waals surface area contributed by atoms with Crippen LogP contribution in [0, 0.1) is 0 Å². The molecule has 1 aliphatic rings. The van der Waals surface area contributed by atoms with E-state index in [9.17, 15) is 14.7 Å². The predicted molar refractivity (Wildman–Crippen MR) is 90.0 cm³/mol. The molecule has 0 bridgehead atoms. The van der Waals surface area contributed by atoms with E-state index in [-0.39, 0.29) is 31.0 Å². The highest BCUT2D eigenvalue weighted by molar-refractivity contribution is 6.08. The van der Waals surface area contributed by atoms with Crippen LogP contribution in [0.3, 0.4) is 0 Å². The van der Waals surface area contributed by atoms with Crippen LogP contribution in [0.5, 0.6) is 5.75 Å². The van der Waals surface area contributed by atoms with Crippen LogP contribution in [0.25, 0.3) is 0 Å². The van der Waals surface area contributed by atoms with Crippen molar-refractivity contribution in [2.45, 2.75) is 13.0 Å². The van der Waals surface area contributed by atoms with Gasteiger partial charge in [0.15, 0.2) is 0 Å². The van der Waals surface area contributed by atoms with Crippen molar-refractivity contribution in [2.75, 3.05) is 39.2 Å². The molecule has 0 spiro atoms. The number of hydrogen-bond acceptors (Lipinski definition) is 7. The van der Waals surface area contributed by atoms with Gasteiger partial charge in [-0.2, -0.15) is 0 Å². The number of carbonyl (C=O) groups is 2. The molecule has 0 fully saturated rings. The van der Waals surface area contributed by atoms with Gasteiger partial charge in [0.05, 0.1) is 44.7 Å². The zero-order valence-electron chi connectivity index (χ0n) is 14.4. The molecule has 0 aromatic heterocycles. The molecular formula is C17H22N2O6. The van der Waals surface area contributed by atoms with Crippen molar-refractivity contribution in [3.05, 3.63) is 35.0 Å². The average Bonchev–Trinajstić information content (AvgIpc) is 2.91. The van der Waals surface area contributed by atoms with Crippen LogP contribution in [0.2, 0.25) is 0 Å². The minimum atomic E-state index is -0.666. The first-order valence-electron chi connectivity index (χ1n) is 7.77. The summed E-state index contributed by atoms with van der Waals surface area (Å²) in [5, 5.41) is 21.7. The van der Waals surface area contributed by atoms with Crippen LogP contribution in [-0.4, -0.2) is 60.9 Å². The van der Waals surface area contributed by atoms with Crippen molar-refractivity contribution in [1.29, 1.82) is 0 Å². The minimum absolute atomic E-state index is 0.0580. The van der Waals surface area contributed by atoms with Gasteiger partial charge in [-0.3, -0.25) is 4.79 Å². The molecule has 0 radical (unpaired) electrons. The summed E-state index contributed by atoms with van der Waals surface area (Å²) in [5.41, 5.74) is 1.40. The number of carbonyl (C=O) groups excluding carboxylic acids is 2. The highest BCUT2D eigenvalue weighted by Gasteiger charge is 2.34. The number of aliphatic hydroxyl groups is 2. The number of methoxy groups -OCH3 is 2. The molecule has 0 aliphatic carbocycles. The second-order valence-electron chi connectivity index (χ2n) is 5.56. The van der Waals surface area contributed by atoms with Crippen molar-refractivity contribution in [1.82, 2.24) is 4.90 Å². The Morgan fingerprint density at radius 3 is 2.68 bits per heavy atom. The molecular weight excluding hydrogens is 328 g/mol. The second-order valence-corrected chi connectivity index (χ2v) is 5.56. The normalized spacial score (nSPS) is 15.4. The summed E-state index contributed by atoms with van der Waals surface area (Å²) >= 11 is 0. The average molecular weight is 350 g/mol. The van der Waals surface area contributed by atoms with Crippen LogP contribution >= 0.6 is 0 Å². The lowest BCUT2D eigenvalue weighted by molar-refractivity contribution is -0.136. The Balaban J connectivity index is 2.38. The molecule has 1 heterocycles. The van der Waals surface area contributed by atoms with Crippen LogP contribution < -0.4 is 10.1 Å². The third-order valence-electron chi connectivity index (χ3n) is 3.92. The van der Waals surface area contributed by atoms with Crippen molar-refractivity contribution in [3.8, 4) is 5.75 Å². The largest absolute Gasteiger partial charge is 0.495 e. The highest BCUT2D eigenvalue weighted by atomic mass is 16.5. The lowest BCUT2D eigenvalue weighted by atomic mass is 10.1. The Labute approximate surface area is 145 Å². The minimum Gasteiger partial charge on any atom is -0.495 e. The van der Waals surface area contributed by atoms with Gasteiger partial charge in [-0.1, -0.05) is 6.07 Å². The topological polar surface area (TPSA) is 108 Å². The van der Waals surface area contributed by atoms with E-state index in [1.807, 2.05) is 0 Å². The maximum Gasteiger partial charge on any atom is 0.337 e. The fraction of sp³-hybridized carbons (Fsp3) is 0.412. The molecule has 3 N–H and O–H groups in total. The maximum atomic E-state index is 12.5. The number of nitrogens with zero attached hydrogens (tertiary/aromatic N) is 1. The van der Waals surface area contributed by atoms with Crippen molar-refractivity contribution < 1.29 is 29.3 Å². The quantitative estimate of drug-likeness (QED) is 0.612. The van der Waals surface area contributed by atoms with E-state index in [1.165, 1.54) is 19.1 Å². The Morgan fingerprint density at radius 2 is 2.12 bits per heavy atom. The lowest BCUT2D eigenvalue weighted by Gasteiger charge is -2.16. The first-order valence-corrected chi connectivity index (χ1v) is 7.77. The molecule has 1 aliphatic heterocycles. The highest BCUT2D eigenvalue weighted by Crippen LogP contribution is 2.31. The summed E-state index contributed by atoms with van der Waals surface area (Å²) in [4.78, 5) is 25.8. The Kier molecular flexibility index (Phi) is 6.00. The number of amides is 1. The van der Waals surface area contributed by atoms with E-state index >= 15 is 0 Å². The SMILES string of the molecule is COC(=O)C1=C(Nc2ccc(C(C)O)cc2OC)C(=O)N(CCO)C1. The number of hydrogen-bond donors (Lipinski definition) is 3. The van der Waals surface area contributed by atoms with Gasteiger partial charge in [0.25, 0.3) is 5.91 Å². The van der Waals surface area contributed by atoms with Gasteiger partial charge >= 0.3 is 5.97 Å². The van der Waals surface area contributed by atoms with Crippen LogP contribution in [0.1, 0.15) is 18.6 Å². The van der Waals surface area contributed by atoms with Crippen LogP contribution in [-0.2, 0) is 14.3 Å². The third-order valence-corrected chi connectivity index (χ3v) is 3.92. The van der Waals surface area contributed by atoms with E-state index < -0.39 is 18.0 Å². The number of anilines is 1. The van der Waals surface area contributed by atoms with E-state index in [2.05, 4.69) is 5.32 Å². The van der Waals surface area contributed by atoms with Gasteiger partial charge in [0, 0.05) is 6.54 Å². The molecule has 1 amide bonds. The molecule has 1 aromatic rings. The molecule has 8 heteroatoms. The molecule has 2 rings (SSSR count). The van der Waals surface area contributed by atoms with Crippen LogP contribution in [0.15, 0.2) is 29.5 Å².